The van der Waals surface area contributed by atoms with E-state index < -0.39 is 0 Å². The van der Waals surface area contributed by atoms with E-state index >= 15 is 0 Å². The van der Waals surface area contributed by atoms with Gasteiger partial charge in [0.25, 0.3) is 0 Å². The van der Waals surface area contributed by atoms with Crippen molar-refractivity contribution < 1.29 is 0 Å². The van der Waals surface area contributed by atoms with Crippen molar-refractivity contribution in [3.05, 3.63) is 109 Å². The highest BCUT2D eigenvalue weighted by molar-refractivity contribution is 6.09. The van der Waals surface area contributed by atoms with Crippen LogP contribution in [0.15, 0.2) is 97.5 Å². The van der Waals surface area contributed by atoms with Gasteiger partial charge in [0, 0.05) is 28.7 Å². The Morgan fingerprint density at radius 2 is 1.78 bits per heavy atom. The van der Waals surface area contributed by atoms with E-state index in [0.29, 0.717) is 0 Å². The number of allylic oxidation sites excluding steroid dienone is 3. The Bertz CT molecular complexity index is 1490. The summed E-state index contributed by atoms with van der Waals surface area (Å²) in [6, 6.07) is 23.3. The first-order chi connectivity index (χ1) is 15.7. The second-order valence-corrected chi connectivity index (χ2v) is 7.95. The maximum absolute atomic E-state index is 5.57. The Morgan fingerprint density at radius 1 is 0.938 bits per heavy atom. The van der Waals surface area contributed by atoms with Crippen LogP contribution >= 0.6 is 0 Å². The Kier molecular flexibility index (Phi) is 5.04. The summed E-state index contributed by atoms with van der Waals surface area (Å²) < 4.78 is 2.25. The van der Waals surface area contributed by atoms with Crippen LogP contribution in [-0.4, -0.2) is 14.5 Å². The molecule has 3 heterocycles. The highest BCUT2D eigenvalue weighted by Gasteiger charge is 2.15. The first-order valence-corrected chi connectivity index (χ1v) is 10.6. The fourth-order valence-corrected chi connectivity index (χ4v) is 4.15. The lowest BCUT2D eigenvalue weighted by Crippen LogP contribution is -2.01. The van der Waals surface area contributed by atoms with Crippen molar-refractivity contribution in [3.8, 4) is 17.1 Å². The molecule has 0 atom stereocenters. The van der Waals surface area contributed by atoms with Crippen LogP contribution in [-0.2, 0) is 0 Å². The molecule has 3 aromatic heterocycles. The summed E-state index contributed by atoms with van der Waals surface area (Å²) in [4.78, 5) is 9.38. The summed E-state index contributed by atoms with van der Waals surface area (Å²) in [5, 5.41) is 2.45. The van der Waals surface area contributed by atoms with Crippen LogP contribution in [0.1, 0.15) is 18.1 Å². The summed E-state index contributed by atoms with van der Waals surface area (Å²) in [6.07, 6.45) is 9.04. The predicted molar refractivity (Wildman–Crippen MR) is 134 cm³/mol. The van der Waals surface area contributed by atoms with Gasteiger partial charge < -0.3 is 5.73 Å². The molecule has 0 amide bonds. The zero-order valence-electron chi connectivity index (χ0n) is 18.2. The minimum absolute atomic E-state index is 0.876. The summed E-state index contributed by atoms with van der Waals surface area (Å²) >= 11 is 0. The Labute approximate surface area is 187 Å². The number of rotatable bonds is 4. The number of aromatic nitrogens is 3. The summed E-state index contributed by atoms with van der Waals surface area (Å²) in [5.74, 6) is 0.876. The van der Waals surface area contributed by atoms with Crippen LogP contribution < -0.4 is 5.73 Å². The molecule has 0 radical (unpaired) electrons. The third-order valence-corrected chi connectivity index (χ3v) is 5.74. The number of para-hydroxylation sites is 1. The fourth-order valence-electron chi connectivity index (χ4n) is 4.15. The van der Waals surface area contributed by atoms with Crippen molar-refractivity contribution in [1.29, 1.82) is 0 Å². The largest absolute Gasteiger partial charge is 0.405 e. The molecule has 2 N–H and O–H groups in total. The number of hydrogen-bond acceptors (Lipinski definition) is 3. The zero-order valence-corrected chi connectivity index (χ0v) is 18.2. The van der Waals surface area contributed by atoms with Gasteiger partial charge in [0.05, 0.1) is 16.7 Å². The molecule has 4 nitrogen and oxygen atoms in total. The minimum atomic E-state index is 0.876. The molecule has 0 unspecified atom stereocenters. The van der Waals surface area contributed by atoms with E-state index in [-0.39, 0.29) is 0 Å². The molecule has 0 spiro atoms. The summed E-state index contributed by atoms with van der Waals surface area (Å²) in [5.41, 5.74) is 13.1. The van der Waals surface area contributed by atoms with Gasteiger partial charge in [0.15, 0.2) is 0 Å². The number of pyridine rings is 2. The van der Waals surface area contributed by atoms with E-state index in [1.807, 2.05) is 30.5 Å². The average Bonchev–Trinajstić information content (AvgIpc) is 3.16. The van der Waals surface area contributed by atoms with Crippen LogP contribution in [0, 0.1) is 6.92 Å². The normalized spacial score (nSPS) is 12.2. The van der Waals surface area contributed by atoms with Crippen LogP contribution in [0.2, 0.25) is 0 Å². The third kappa shape index (κ3) is 3.46. The van der Waals surface area contributed by atoms with E-state index in [1.165, 1.54) is 16.3 Å². The molecule has 4 heteroatoms. The fraction of sp³-hybridized carbons (Fsp3) is 0.0714. The summed E-state index contributed by atoms with van der Waals surface area (Å²) in [6.45, 7) is 4.21. The Balaban J connectivity index is 1.84. The van der Waals surface area contributed by atoms with Crippen LogP contribution in [0.4, 0.5) is 0 Å². The molecular weight excluding hydrogens is 392 g/mol. The van der Waals surface area contributed by atoms with Crippen molar-refractivity contribution in [3.63, 3.8) is 0 Å². The van der Waals surface area contributed by atoms with E-state index in [4.69, 9.17) is 10.7 Å². The van der Waals surface area contributed by atoms with Gasteiger partial charge in [0.2, 0.25) is 0 Å². The first-order valence-electron chi connectivity index (χ1n) is 10.6. The molecule has 156 valence electrons. The molecule has 0 aliphatic heterocycles. The van der Waals surface area contributed by atoms with Gasteiger partial charge in [-0.05, 0) is 79.7 Å². The SMILES string of the molecule is C/C(=C\C=C/N)c1cc(-c2cccnc2)nc(-n2c3ccccc3c3cc(C)ccc32)c1. The molecule has 5 aromatic rings. The lowest BCUT2D eigenvalue weighted by Gasteiger charge is -2.13. The van der Waals surface area contributed by atoms with Crippen molar-refractivity contribution in [2.45, 2.75) is 13.8 Å². The lowest BCUT2D eigenvalue weighted by molar-refractivity contribution is 1.08. The standard InChI is InChI=1S/C28H24N4/c1-19-11-12-27-24(15-19)23-9-3-4-10-26(23)32(27)28-17-22(20(2)7-5-13-29)16-25(31-28)21-8-6-14-30-18-21/h3-18H,29H2,1-2H3/b13-5-,20-7+. The summed E-state index contributed by atoms with van der Waals surface area (Å²) in [7, 11) is 0. The second kappa shape index (κ2) is 8.16. The van der Waals surface area contributed by atoms with Crippen molar-refractivity contribution in [1.82, 2.24) is 14.5 Å². The van der Waals surface area contributed by atoms with Gasteiger partial charge in [-0.25, -0.2) is 4.98 Å². The molecule has 32 heavy (non-hydrogen) atoms. The van der Waals surface area contributed by atoms with Gasteiger partial charge in [-0.1, -0.05) is 35.9 Å². The van der Waals surface area contributed by atoms with Crippen molar-refractivity contribution in [2.75, 3.05) is 0 Å². The molecule has 0 fully saturated rings. The van der Waals surface area contributed by atoms with Crippen LogP contribution in [0.25, 0.3) is 44.5 Å². The number of nitrogens with zero attached hydrogens (tertiary/aromatic N) is 3. The smallest absolute Gasteiger partial charge is 0.138 e. The molecular formula is C28H24N4. The van der Waals surface area contributed by atoms with Crippen molar-refractivity contribution >= 4 is 27.4 Å². The molecule has 0 bridgehead atoms. The predicted octanol–water partition coefficient (Wildman–Crippen LogP) is 6.42. The van der Waals surface area contributed by atoms with E-state index in [2.05, 4.69) is 78.0 Å². The Hall–Kier alpha value is -4.18. The molecule has 0 aliphatic carbocycles. The average molecular weight is 417 g/mol. The number of aryl methyl sites for hydroxylation is 1. The van der Waals surface area contributed by atoms with Gasteiger partial charge in [-0.2, -0.15) is 0 Å². The third-order valence-electron chi connectivity index (χ3n) is 5.74. The highest BCUT2D eigenvalue weighted by atomic mass is 15.1. The molecule has 0 saturated carbocycles. The Morgan fingerprint density at radius 3 is 2.59 bits per heavy atom. The number of benzene rings is 2. The quantitative estimate of drug-likeness (QED) is 0.344. The first kappa shape index (κ1) is 19.8. The van der Waals surface area contributed by atoms with Gasteiger partial charge in [-0.15, -0.1) is 0 Å². The van der Waals surface area contributed by atoms with Crippen LogP contribution in [0.3, 0.4) is 0 Å². The zero-order chi connectivity index (χ0) is 22.1. The maximum atomic E-state index is 5.57. The highest BCUT2D eigenvalue weighted by Crippen LogP contribution is 2.33. The van der Waals surface area contributed by atoms with Crippen LogP contribution in [0.5, 0.6) is 0 Å². The topological polar surface area (TPSA) is 56.7 Å². The minimum Gasteiger partial charge on any atom is -0.405 e. The number of hydrogen-bond donors (Lipinski definition) is 1. The maximum Gasteiger partial charge on any atom is 0.138 e. The molecule has 5 rings (SSSR count). The lowest BCUT2D eigenvalue weighted by atomic mass is 10.0. The number of fused-ring (bicyclic) bond motifs is 3. The molecule has 0 saturated heterocycles. The van der Waals surface area contributed by atoms with Gasteiger partial charge >= 0.3 is 0 Å². The monoisotopic (exact) mass is 416 g/mol. The van der Waals surface area contributed by atoms with E-state index in [0.717, 1.165) is 39.2 Å². The number of nitrogens with two attached hydrogens (primary N) is 1. The molecule has 2 aromatic carbocycles. The van der Waals surface area contributed by atoms with Gasteiger partial charge in [-0.3, -0.25) is 9.55 Å². The van der Waals surface area contributed by atoms with Gasteiger partial charge in [0.1, 0.15) is 5.82 Å². The van der Waals surface area contributed by atoms with Crippen molar-refractivity contribution in [2.24, 2.45) is 5.73 Å². The molecule has 0 aliphatic rings. The van der Waals surface area contributed by atoms with E-state index in [9.17, 15) is 0 Å². The van der Waals surface area contributed by atoms with E-state index in [1.54, 1.807) is 12.4 Å². The second-order valence-electron chi connectivity index (χ2n) is 7.95.